The Labute approximate surface area is 118 Å². The van der Waals surface area contributed by atoms with Crippen LogP contribution in [0, 0.1) is 0 Å². The van der Waals surface area contributed by atoms with Crippen molar-refractivity contribution in [3.05, 3.63) is 21.3 Å². The summed E-state index contributed by atoms with van der Waals surface area (Å²) in [4.78, 5) is 17.2. The first-order chi connectivity index (χ1) is 8.41. The van der Waals surface area contributed by atoms with Crippen molar-refractivity contribution in [3.8, 4) is 0 Å². The zero-order valence-corrected chi connectivity index (χ0v) is 13.0. The number of thiophene rings is 1. The topological polar surface area (TPSA) is 23.6 Å². The van der Waals surface area contributed by atoms with Gasteiger partial charge in [0.05, 0.1) is 15.3 Å². The van der Waals surface area contributed by atoms with E-state index in [0.29, 0.717) is 4.34 Å². The lowest BCUT2D eigenvalue weighted by Crippen LogP contribution is -2.37. The molecule has 0 saturated carbocycles. The number of carbonyl (C=O) groups is 1. The van der Waals surface area contributed by atoms with Gasteiger partial charge >= 0.3 is 0 Å². The highest BCUT2D eigenvalue weighted by Gasteiger charge is 2.20. The van der Waals surface area contributed by atoms with Gasteiger partial charge in [0.15, 0.2) is 5.78 Å². The van der Waals surface area contributed by atoms with E-state index in [1.807, 2.05) is 14.0 Å². The Balaban J connectivity index is 2.47. The third-order valence-corrected chi connectivity index (χ3v) is 4.22. The molecule has 0 fully saturated rings. The molecule has 0 radical (unpaired) electrons. The molecule has 1 atom stereocenters. The van der Waals surface area contributed by atoms with Crippen molar-refractivity contribution >= 4 is 28.7 Å². The molecule has 0 aliphatic heterocycles. The molecule has 1 unspecified atom stereocenters. The molecule has 1 aromatic rings. The van der Waals surface area contributed by atoms with Gasteiger partial charge in [-0.3, -0.25) is 9.69 Å². The van der Waals surface area contributed by atoms with Gasteiger partial charge in [-0.1, -0.05) is 11.6 Å². The average molecular weight is 289 g/mol. The smallest absolute Gasteiger partial charge is 0.189 e. The van der Waals surface area contributed by atoms with Gasteiger partial charge in [-0.05, 0) is 59.7 Å². The maximum absolute atomic E-state index is 12.2. The van der Waals surface area contributed by atoms with Crippen LogP contribution in [0.4, 0.5) is 0 Å². The lowest BCUT2D eigenvalue weighted by Gasteiger charge is -2.23. The monoisotopic (exact) mass is 288 g/mol. The number of nitrogens with zero attached hydrogens (tertiary/aromatic N) is 2. The van der Waals surface area contributed by atoms with Crippen molar-refractivity contribution in [1.29, 1.82) is 0 Å². The second kappa shape index (κ2) is 7.24. The van der Waals surface area contributed by atoms with Crippen LogP contribution >= 0.6 is 22.9 Å². The Morgan fingerprint density at radius 3 is 2.50 bits per heavy atom. The summed E-state index contributed by atoms with van der Waals surface area (Å²) in [6, 6.07) is 3.49. The summed E-state index contributed by atoms with van der Waals surface area (Å²) < 4.78 is 0.667. The fraction of sp³-hybridized carbons (Fsp3) is 0.615. The van der Waals surface area contributed by atoms with Crippen molar-refractivity contribution in [2.45, 2.75) is 19.4 Å². The Morgan fingerprint density at radius 1 is 1.33 bits per heavy atom. The van der Waals surface area contributed by atoms with E-state index in [2.05, 4.69) is 23.9 Å². The van der Waals surface area contributed by atoms with Gasteiger partial charge in [0.1, 0.15) is 0 Å². The Morgan fingerprint density at radius 2 is 2.00 bits per heavy atom. The summed E-state index contributed by atoms with van der Waals surface area (Å²) >= 11 is 7.21. The molecule has 0 N–H and O–H groups in total. The maximum atomic E-state index is 12.2. The summed E-state index contributed by atoms with van der Waals surface area (Å²) in [6.07, 6.45) is 1.06. The van der Waals surface area contributed by atoms with E-state index < -0.39 is 0 Å². The molecule has 0 bridgehead atoms. The molecular weight excluding hydrogens is 268 g/mol. The van der Waals surface area contributed by atoms with Crippen molar-refractivity contribution < 1.29 is 4.79 Å². The number of likely N-dealkylation sites (N-methyl/N-ethyl adjacent to an activating group) is 1. The van der Waals surface area contributed by atoms with E-state index >= 15 is 0 Å². The first-order valence-electron chi connectivity index (χ1n) is 6.06. The zero-order chi connectivity index (χ0) is 13.7. The highest BCUT2D eigenvalue weighted by molar-refractivity contribution is 7.18. The second-order valence-corrected chi connectivity index (χ2v) is 6.50. The summed E-state index contributed by atoms with van der Waals surface area (Å²) in [5, 5.41) is 0. The van der Waals surface area contributed by atoms with E-state index in [-0.39, 0.29) is 11.8 Å². The maximum Gasteiger partial charge on any atom is 0.189 e. The van der Waals surface area contributed by atoms with Crippen molar-refractivity contribution in [2.75, 3.05) is 34.2 Å². The van der Waals surface area contributed by atoms with Gasteiger partial charge in [0.25, 0.3) is 0 Å². The fourth-order valence-corrected chi connectivity index (χ4v) is 2.75. The van der Waals surface area contributed by atoms with Gasteiger partial charge in [0, 0.05) is 0 Å². The van der Waals surface area contributed by atoms with Crippen molar-refractivity contribution in [2.24, 2.45) is 0 Å². The molecule has 1 rings (SSSR count). The quantitative estimate of drug-likeness (QED) is 0.721. The van der Waals surface area contributed by atoms with Crippen LogP contribution in [-0.4, -0.2) is 55.9 Å². The number of carbonyl (C=O) groups excluding carboxylic acids is 1. The largest absolute Gasteiger partial charge is 0.309 e. The van der Waals surface area contributed by atoms with Crippen LogP contribution in [0.15, 0.2) is 12.1 Å². The third kappa shape index (κ3) is 4.69. The minimum Gasteiger partial charge on any atom is -0.309 e. The molecule has 0 aromatic carbocycles. The van der Waals surface area contributed by atoms with Gasteiger partial charge in [-0.15, -0.1) is 11.3 Å². The highest BCUT2D eigenvalue weighted by atomic mass is 35.5. The van der Waals surface area contributed by atoms with Gasteiger partial charge in [-0.2, -0.15) is 0 Å². The Bertz CT molecular complexity index is 392. The summed E-state index contributed by atoms with van der Waals surface area (Å²) in [6.45, 7) is 3.91. The average Bonchev–Trinajstić information content (AvgIpc) is 2.73. The molecule has 3 nitrogen and oxygen atoms in total. The molecule has 0 saturated heterocycles. The first-order valence-corrected chi connectivity index (χ1v) is 7.25. The van der Waals surface area contributed by atoms with Crippen LogP contribution in [0.1, 0.15) is 23.0 Å². The van der Waals surface area contributed by atoms with Crippen LogP contribution in [0.2, 0.25) is 4.34 Å². The van der Waals surface area contributed by atoms with Crippen LogP contribution in [0.25, 0.3) is 0 Å². The Kier molecular flexibility index (Phi) is 6.29. The van der Waals surface area contributed by atoms with Crippen molar-refractivity contribution in [1.82, 2.24) is 9.80 Å². The molecule has 1 heterocycles. The van der Waals surface area contributed by atoms with Gasteiger partial charge < -0.3 is 4.90 Å². The first kappa shape index (κ1) is 15.6. The summed E-state index contributed by atoms with van der Waals surface area (Å²) in [5.74, 6) is 0.152. The molecule has 5 heteroatoms. The van der Waals surface area contributed by atoms with E-state index in [4.69, 9.17) is 11.6 Å². The van der Waals surface area contributed by atoms with Crippen LogP contribution in [-0.2, 0) is 0 Å². The number of rotatable bonds is 7. The molecule has 0 spiro atoms. The molecular formula is C13H21ClN2OS. The number of Topliss-reactive ketones (excluding diaryl/α,β-unsaturated/α-hetero) is 1. The van der Waals surface area contributed by atoms with Gasteiger partial charge in [-0.25, -0.2) is 0 Å². The van der Waals surface area contributed by atoms with Crippen molar-refractivity contribution in [3.63, 3.8) is 0 Å². The number of hydrogen-bond donors (Lipinski definition) is 0. The van der Waals surface area contributed by atoms with E-state index in [0.717, 1.165) is 24.4 Å². The minimum atomic E-state index is -0.0955. The molecule has 0 amide bonds. The lowest BCUT2D eigenvalue weighted by molar-refractivity contribution is 0.0870. The van der Waals surface area contributed by atoms with Gasteiger partial charge in [0.2, 0.25) is 0 Å². The highest BCUT2D eigenvalue weighted by Crippen LogP contribution is 2.23. The predicted octanol–water partition coefficient (Wildman–Crippen LogP) is 2.86. The summed E-state index contributed by atoms with van der Waals surface area (Å²) in [5.41, 5.74) is 0. The molecule has 0 aliphatic rings. The SMILES string of the molecule is CC(C(=O)c1ccc(Cl)s1)N(C)CCCN(C)C. The predicted molar refractivity (Wildman–Crippen MR) is 78.9 cm³/mol. The number of ketones is 1. The van der Waals surface area contributed by atoms with E-state index in [1.165, 1.54) is 11.3 Å². The third-order valence-electron chi connectivity index (χ3n) is 2.97. The number of hydrogen-bond acceptors (Lipinski definition) is 4. The van der Waals surface area contributed by atoms with E-state index in [1.54, 1.807) is 12.1 Å². The molecule has 0 aliphatic carbocycles. The van der Waals surface area contributed by atoms with Crippen LogP contribution in [0.3, 0.4) is 0 Å². The second-order valence-electron chi connectivity index (χ2n) is 4.78. The zero-order valence-electron chi connectivity index (χ0n) is 11.4. The van der Waals surface area contributed by atoms with Crippen LogP contribution in [0.5, 0.6) is 0 Å². The number of halogens is 1. The lowest BCUT2D eigenvalue weighted by atomic mass is 10.1. The molecule has 1 aromatic heterocycles. The normalized spacial score (nSPS) is 13.3. The summed E-state index contributed by atoms with van der Waals surface area (Å²) in [7, 11) is 6.11. The molecule has 18 heavy (non-hydrogen) atoms. The van der Waals surface area contributed by atoms with Crippen LogP contribution < -0.4 is 0 Å². The Hall–Kier alpha value is -0.420. The fourth-order valence-electron chi connectivity index (χ4n) is 1.68. The minimum absolute atomic E-state index is 0.0955. The molecule has 102 valence electrons. The standard InChI is InChI=1S/C13H21ClN2OS/c1-10(16(4)9-5-8-15(2)3)13(17)11-6-7-12(14)18-11/h6-7,10H,5,8-9H2,1-4H3. The van der Waals surface area contributed by atoms with E-state index in [9.17, 15) is 4.79 Å².